The number of hydrogen-bond acceptors (Lipinski definition) is 7. The molecule has 216 valence electrons. The molecule has 2 aliphatic heterocycles. The van der Waals surface area contributed by atoms with Crippen LogP contribution in [0.15, 0.2) is 132 Å². The number of nitrogens with zero attached hydrogens (tertiary/aromatic N) is 3. The molecule has 0 N–H and O–H groups in total. The average molecular weight is 614 g/mol. The van der Waals surface area contributed by atoms with Crippen molar-refractivity contribution < 1.29 is 9.72 Å². The monoisotopic (exact) mass is 613 g/mol. The highest BCUT2D eigenvalue weighted by molar-refractivity contribution is 8.27. The molecule has 0 radical (unpaired) electrons. The van der Waals surface area contributed by atoms with Crippen LogP contribution < -0.4 is 5.01 Å². The van der Waals surface area contributed by atoms with Crippen LogP contribution in [0, 0.1) is 24.0 Å². The van der Waals surface area contributed by atoms with Gasteiger partial charge >= 0.3 is 0 Å². The normalized spacial score (nSPS) is 18.2. The lowest BCUT2D eigenvalue weighted by atomic mass is 9.79. The lowest BCUT2D eigenvalue weighted by Gasteiger charge is -2.38. The van der Waals surface area contributed by atoms with Crippen LogP contribution in [-0.4, -0.2) is 15.8 Å². The van der Waals surface area contributed by atoms with Crippen molar-refractivity contribution >= 4 is 45.7 Å². The van der Waals surface area contributed by atoms with Crippen LogP contribution in [0.5, 0.6) is 0 Å². The summed E-state index contributed by atoms with van der Waals surface area (Å²) in [6.45, 7) is 4.28. The maximum Gasteiger partial charge on any atom is 0.269 e. The number of fused-ring (bicyclic) bond motifs is 2. The maximum absolute atomic E-state index is 14.0. The summed E-state index contributed by atoms with van der Waals surface area (Å²) < 4.78 is -1.53. The molecule has 7 rings (SSSR count). The molecule has 0 saturated heterocycles. The van der Waals surface area contributed by atoms with Gasteiger partial charge in [0.05, 0.1) is 15.4 Å². The number of hydrogen-bond donors (Lipinski definition) is 0. The summed E-state index contributed by atoms with van der Waals surface area (Å²) in [5.74, 6) is -0.165. The van der Waals surface area contributed by atoms with E-state index >= 15 is 0 Å². The first-order valence-electron chi connectivity index (χ1n) is 14.2. The van der Waals surface area contributed by atoms with E-state index in [1.807, 2.05) is 29.3 Å². The van der Waals surface area contributed by atoms with Gasteiger partial charge in [-0.15, -0.1) is 0 Å². The van der Waals surface area contributed by atoms with Crippen molar-refractivity contribution in [3.8, 4) is 0 Å². The molecule has 0 aliphatic carbocycles. The molecule has 5 aromatic carbocycles. The van der Waals surface area contributed by atoms with Gasteiger partial charge < -0.3 is 0 Å². The molecule has 0 fully saturated rings. The Labute approximate surface area is 264 Å². The SMILES string of the molecule is Cc1ccccc1C1(c2ccccc2C)S[C@@]2(SC(C(=O)c3ccccc3)=NN2c2ccc([N+](=O)[O-])cc2)c2ccccc21. The highest BCUT2D eigenvalue weighted by Crippen LogP contribution is 2.71. The molecular formula is C36H27N3O3S2. The minimum absolute atomic E-state index is 0.00661. The number of hydrazone groups is 1. The molecule has 6 nitrogen and oxygen atoms in total. The Balaban J connectivity index is 1.50. The van der Waals surface area contributed by atoms with Crippen molar-refractivity contribution in [2.75, 3.05) is 5.01 Å². The number of ketones is 1. The third kappa shape index (κ3) is 4.28. The van der Waals surface area contributed by atoms with E-state index in [0.717, 1.165) is 33.4 Å². The van der Waals surface area contributed by atoms with Gasteiger partial charge in [0, 0.05) is 23.3 Å². The van der Waals surface area contributed by atoms with Gasteiger partial charge in [0.25, 0.3) is 5.69 Å². The number of non-ortho nitro benzene ring substituents is 1. The van der Waals surface area contributed by atoms with E-state index in [-0.39, 0.29) is 11.5 Å². The van der Waals surface area contributed by atoms with E-state index in [0.29, 0.717) is 16.3 Å². The summed E-state index contributed by atoms with van der Waals surface area (Å²) in [7, 11) is 0. The molecule has 1 spiro atoms. The molecule has 0 amide bonds. The third-order valence-corrected chi connectivity index (χ3v) is 11.5. The summed E-state index contributed by atoms with van der Waals surface area (Å²) in [6, 6.07) is 40.9. The zero-order valence-electron chi connectivity index (χ0n) is 24.0. The van der Waals surface area contributed by atoms with Crippen molar-refractivity contribution in [3.63, 3.8) is 0 Å². The first-order valence-corrected chi connectivity index (χ1v) is 15.8. The molecule has 0 bridgehead atoms. The predicted octanol–water partition coefficient (Wildman–Crippen LogP) is 8.81. The fourth-order valence-corrected chi connectivity index (χ4v) is 9.99. The van der Waals surface area contributed by atoms with Gasteiger partial charge in [0.1, 0.15) is 0 Å². The average Bonchev–Trinajstić information content (AvgIpc) is 3.58. The van der Waals surface area contributed by atoms with Crippen LogP contribution in [0.3, 0.4) is 0 Å². The molecule has 1 atom stereocenters. The summed E-state index contributed by atoms with van der Waals surface area (Å²) >= 11 is 3.19. The summed E-state index contributed by atoms with van der Waals surface area (Å²) in [5, 5.41) is 18.8. The number of anilines is 1. The molecule has 44 heavy (non-hydrogen) atoms. The Morgan fingerprint density at radius 1 is 0.705 bits per heavy atom. The second-order valence-corrected chi connectivity index (χ2v) is 13.7. The van der Waals surface area contributed by atoms with Crippen LogP contribution in [0.25, 0.3) is 0 Å². The van der Waals surface area contributed by atoms with Gasteiger partial charge in [-0.3, -0.25) is 14.9 Å². The molecule has 2 aliphatic rings. The Bertz CT molecular complexity index is 1910. The standard InChI is InChI=1S/C36H27N3O3S2/c1-24-12-6-8-16-29(24)35(30-17-9-7-13-25(30)2)31-18-10-11-19-32(31)36(44-35)38(27-20-22-28(23-21-27)39(41)42)37-34(43-36)33(40)26-14-4-3-5-15-26/h3-23H,1-2H3/t36-/m0/s1. The van der Waals surface area contributed by atoms with Gasteiger partial charge in [0.15, 0.2) is 9.25 Å². The topological polar surface area (TPSA) is 75.8 Å². The first kappa shape index (κ1) is 28.1. The van der Waals surface area contributed by atoms with E-state index < -0.39 is 13.9 Å². The van der Waals surface area contributed by atoms with E-state index in [1.54, 1.807) is 36.0 Å². The third-order valence-electron chi connectivity index (χ3n) is 8.23. The number of Topliss-reactive ketones (excluding diaryl/α,β-unsaturated/α-hetero) is 1. The smallest absolute Gasteiger partial charge is 0.269 e. The lowest BCUT2D eigenvalue weighted by molar-refractivity contribution is -0.384. The number of carbonyl (C=O) groups is 1. The Morgan fingerprint density at radius 2 is 1.23 bits per heavy atom. The Hall–Kier alpha value is -4.66. The minimum Gasteiger partial charge on any atom is -0.286 e. The van der Waals surface area contributed by atoms with Crippen LogP contribution in [-0.2, 0) is 8.95 Å². The van der Waals surface area contributed by atoms with Gasteiger partial charge in [-0.25, -0.2) is 5.01 Å². The second-order valence-electron chi connectivity index (χ2n) is 10.8. The van der Waals surface area contributed by atoms with Crippen LogP contribution in [0.1, 0.15) is 43.7 Å². The summed E-state index contributed by atoms with van der Waals surface area (Å²) in [6.07, 6.45) is 0. The quantitative estimate of drug-likeness (QED) is 0.108. The fraction of sp³-hybridized carbons (Fsp3) is 0.111. The van der Waals surface area contributed by atoms with Crippen LogP contribution in [0.4, 0.5) is 11.4 Å². The molecule has 0 aromatic heterocycles. The van der Waals surface area contributed by atoms with Crippen molar-refractivity contribution in [1.29, 1.82) is 0 Å². The van der Waals surface area contributed by atoms with Crippen LogP contribution in [0.2, 0.25) is 0 Å². The number of aryl methyl sites for hydroxylation is 2. The molecule has 8 heteroatoms. The number of nitro groups is 1. The number of carbonyl (C=O) groups excluding carboxylic acids is 1. The highest BCUT2D eigenvalue weighted by atomic mass is 32.2. The molecule has 2 heterocycles. The highest BCUT2D eigenvalue weighted by Gasteiger charge is 2.62. The van der Waals surface area contributed by atoms with Crippen molar-refractivity contribution in [2.45, 2.75) is 22.8 Å². The number of benzene rings is 5. The van der Waals surface area contributed by atoms with E-state index in [1.165, 1.54) is 23.9 Å². The molecular weight excluding hydrogens is 587 g/mol. The van der Waals surface area contributed by atoms with Crippen LogP contribution >= 0.6 is 23.5 Å². The molecule has 0 unspecified atom stereocenters. The van der Waals surface area contributed by atoms with Gasteiger partial charge in [-0.1, -0.05) is 127 Å². The van der Waals surface area contributed by atoms with Gasteiger partial charge in [-0.05, 0) is 53.8 Å². The number of nitro benzene ring substituents is 1. The van der Waals surface area contributed by atoms with Crippen molar-refractivity contribution in [2.24, 2.45) is 5.10 Å². The van der Waals surface area contributed by atoms with Crippen molar-refractivity contribution in [3.05, 3.63) is 176 Å². The maximum atomic E-state index is 14.0. The summed E-state index contributed by atoms with van der Waals surface area (Å²) in [4.78, 5) is 25.1. The van der Waals surface area contributed by atoms with Gasteiger partial charge in [0.2, 0.25) is 5.78 Å². The largest absolute Gasteiger partial charge is 0.286 e. The zero-order valence-corrected chi connectivity index (χ0v) is 25.6. The second kappa shape index (κ2) is 10.8. The van der Waals surface area contributed by atoms with E-state index in [9.17, 15) is 14.9 Å². The lowest BCUT2D eigenvalue weighted by Crippen LogP contribution is -2.34. The fourth-order valence-electron chi connectivity index (χ4n) is 6.20. The number of rotatable bonds is 6. The predicted molar refractivity (Wildman–Crippen MR) is 179 cm³/mol. The summed E-state index contributed by atoms with van der Waals surface area (Å²) in [5.41, 5.74) is 7.99. The first-order chi connectivity index (χ1) is 21.3. The minimum atomic E-state index is -0.892. The molecule has 5 aromatic rings. The van der Waals surface area contributed by atoms with E-state index in [2.05, 4.69) is 80.6 Å². The Kier molecular flexibility index (Phi) is 6.91. The Morgan fingerprint density at radius 3 is 1.80 bits per heavy atom. The van der Waals surface area contributed by atoms with E-state index in [4.69, 9.17) is 5.10 Å². The van der Waals surface area contributed by atoms with Gasteiger partial charge in [-0.2, -0.15) is 5.10 Å². The zero-order chi connectivity index (χ0) is 30.5. The molecule has 0 saturated carbocycles. The van der Waals surface area contributed by atoms with Crippen molar-refractivity contribution in [1.82, 2.24) is 0 Å². The number of thioether (sulfide) groups is 2.